The van der Waals surface area contributed by atoms with Crippen molar-refractivity contribution in [3.05, 3.63) is 40.0 Å². The number of halogens is 2. The van der Waals surface area contributed by atoms with Crippen molar-refractivity contribution < 1.29 is 8.91 Å². The predicted molar refractivity (Wildman–Crippen MR) is 73.8 cm³/mol. The van der Waals surface area contributed by atoms with Crippen LogP contribution in [0, 0.1) is 19.7 Å². The Kier molecular flexibility index (Phi) is 3.66. The number of nitrogens with zero attached hydrogens (tertiary/aromatic N) is 1. The van der Waals surface area contributed by atoms with Crippen molar-refractivity contribution in [3.63, 3.8) is 0 Å². The zero-order valence-electron chi connectivity index (χ0n) is 10.9. The van der Waals surface area contributed by atoms with E-state index in [1.54, 1.807) is 0 Å². The van der Waals surface area contributed by atoms with Gasteiger partial charge in [0.15, 0.2) is 0 Å². The van der Waals surface area contributed by atoms with Crippen LogP contribution in [0.2, 0.25) is 5.02 Å². The second-order valence-corrected chi connectivity index (χ2v) is 4.86. The molecule has 0 amide bonds. The average Bonchev–Trinajstić information content (AvgIpc) is 2.66. The number of nitrogen functional groups attached to an aromatic ring is 1. The molecule has 0 saturated heterocycles. The molecule has 0 aliphatic carbocycles. The van der Waals surface area contributed by atoms with Crippen LogP contribution in [0.3, 0.4) is 0 Å². The second-order valence-electron chi connectivity index (χ2n) is 4.46. The molecule has 3 N–H and O–H groups in total. The molecular weight excluding hydrogens is 269 g/mol. The third kappa shape index (κ3) is 2.66. The number of rotatable bonds is 3. The van der Waals surface area contributed by atoms with Gasteiger partial charge in [-0.2, -0.15) is 0 Å². The van der Waals surface area contributed by atoms with Crippen LogP contribution in [-0.2, 0) is 0 Å². The van der Waals surface area contributed by atoms with Crippen LogP contribution in [0.25, 0.3) is 0 Å². The van der Waals surface area contributed by atoms with Gasteiger partial charge in [0.2, 0.25) is 0 Å². The molecule has 1 unspecified atom stereocenters. The molecule has 102 valence electrons. The highest BCUT2D eigenvalue weighted by Crippen LogP contribution is 2.31. The number of anilines is 2. The Bertz CT molecular complexity index is 593. The zero-order chi connectivity index (χ0) is 14.2. The quantitative estimate of drug-likeness (QED) is 0.840. The molecule has 1 aromatic heterocycles. The number of aryl methyl sites for hydroxylation is 2. The third-order valence-corrected chi connectivity index (χ3v) is 3.28. The number of aromatic nitrogens is 1. The van der Waals surface area contributed by atoms with E-state index in [4.69, 9.17) is 21.9 Å². The molecule has 1 aromatic carbocycles. The van der Waals surface area contributed by atoms with Crippen LogP contribution in [-0.4, -0.2) is 5.16 Å². The molecule has 0 radical (unpaired) electrons. The standard InChI is InChI=1S/C13H15ClFN3O/c1-6(13-7(2)18-19-8(13)3)17-12-4-9(14)10(15)5-11(12)16/h4-6,17H,16H2,1-3H3. The van der Waals surface area contributed by atoms with Gasteiger partial charge in [0.05, 0.1) is 28.1 Å². The lowest BCUT2D eigenvalue weighted by molar-refractivity contribution is 0.392. The van der Waals surface area contributed by atoms with E-state index in [9.17, 15) is 4.39 Å². The summed E-state index contributed by atoms with van der Waals surface area (Å²) in [5.41, 5.74) is 8.42. The minimum Gasteiger partial charge on any atom is -0.397 e. The second kappa shape index (κ2) is 5.09. The van der Waals surface area contributed by atoms with Crippen molar-refractivity contribution in [1.82, 2.24) is 5.16 Å². The van der Waals surface area contributed by atoms with Crippen molar-refractivity contribution in [2.24, 2.45) is 0 Å². The fraction of sp³-hybridized carbons (Fsp3) is 0.308. The maximum Gasteiger partial charge on any atom is 0.143 e. The van der Waals surface area contributed by atoms with Crippen LogP contribution < -0.4 is 11.1 Å². The molecule has 1 atom stereocenters. The highest BCUT2D eigenvalue weighted by atomic mass is 35.5. The van der Waals surface area contributed by atoms with Crippen molar-refractivity contribution >= 4 is 23.0 Å². The zero-order valence-corrected chi connectivity index (χ0v) is 11.7. The molecule has 0 saturated carbocycles. The first-order valence-electron chi connectivity index (χ1n) is 5.84. The molecule has 0 fully saturated rings. The molecule has 2 rings (SSSR count). The Morgan fingerprint density at radius 1 is 1.42 bits per heavy atom. The minimum absolute atomic E-state index is 0.0302. The van der Waals surface area contributed by atoms with Gasteiger partial charge >= 0.3 is 0 Å². The van der Waals surface area contributed by atoms with Gasteiger partial charge < -0.3 is 15.6 Å². The summed E-state index contributed by atoms with van der Waals surface area (Å²) in [6, 6.07) is 2.60. The summed E-state index contributed by atoms with van der Waals surface area (Å²) in [7, 11) is 0. The number of hydrogen-bond donors (Lipinski definition) is 2. The molecule has 0 spiro atoms. The highest BCUT2D eigenvalue weighted by molar-refractivity contribution is 6.31. The Labute approximate surface area is 115 Å². The predicted octanol–water partition coefficient (Wildman–Crippen LogP) is 3.84. The topological polar surface area (TPSA) is 64.1 Å². The summed E-state index contributed by atoms with van der Waals surface area (Å²) in [6.45, 7) is 5.66. The molecule has 0 bridgehead atoms. The fourth-order valence-electron chi connectivity index (χ4n) is 2.10. The van der Waals surface area contributed by atoms with Crippen molar-refractivity contribution in [2.75, 3.05) is 11.1 Å². The van der Waals surface area contributed by atoms with Crippen molar-refractivity contribution in [1.29, 1.82) is 0 Å². The van der Waals surface area contributed by atoms with Gasteiger partial charge in [0.25, 0.3) is 0 Å². The van der Waals surface area contributed by atoms with E-state index < -0.39 is 5.82 Å². The smallest absolute Gasteiger partial charge is 0.143 e. The van der Waals surface area contributed by atoms with E-state index in [2.05, 4.69) is 10.5 Å². The van der Waals surface area contributed by atoms with Gasteiger partial charge in [-0.25, -0.2) is 4.39 Å². The lowest BCUT2D eigenvalue weighted by Crippen LogP contribution is -2.10. The summed E-state index contributed by atoms with van der Waals surface area (Å²) in [4.78, 5) is 0. The van der Waals surface area contributed by atoms with Gasteiger partial charge in [-0.05, 0) is 26.8 Å². The van der Waals surface area contributed by atoms with E-state index in [-0.39, 0.29) is 11.1 Å². The third-order valence-electron chi connectivity index (χ3n) is 2.99. The Morgan fingerprint density at radius 2 is 2.11 bits per heavy atom. The Hall–Kier alpha value is -1.75. The Morgan fingerprint density at radius 3 is 2.68 bits per heavy atom. The lowest BCUT2D eigenvalue weighted by atomic mass is 10.1. The summed E-state index contributed by atoms with van der Waals surface area (Å²) in [5, 5.41) is 7.12. The normalized spacial score (nSPS) is 12.5. The maximum atomic E-state index is 13.2. The maximum absolute atomic E-state index is 13.2. The van der Waals surface area contributed by atoms with E-state index in [1.165, 1.54) is 12.1 Å². The summed E-state index contributed by atoms with van der Waals surface area (Å²) in [5.74, 6) is 0.207. The van der Waals surface area contributed by atoms with Crippen LogP contribution in [0.4, 0.5) is 15.8 Å². The van der Waals surface area contributed by atoms with Gasteiger partial charge in [-0.3, -0.25) is 0 Å². The molecule has 6 heteroatoms. The van der Waals surface area contributed by atoms with Gasteiger partial charge in [0, 0.05) is 11.6 Å². The van der Waals surface area contributed by atoms with Crippen LogP contribution in [0.1, 0.15) is 30.0 Å². The van der Waals surface area contributed by atoms with E-state index in [0.717, 1.165) is 17.0 Å². The lowest BCUT2D eigenvalue weighted by Gasteiger charge is -2.17. The van der Waals surface area contributed by atoms with Crippen LogP contribution >= 0.6 is 11.6 Å². The van der Waals surface area contributed by atoms with Crippen molar-refractivity contribution in [2.45, 2.75) is 26.8 Å². The Balaban J connectivity index is 2.29. The van der Waals surface area contributed by atoms with Crippen LogP contribution in [0.5, 0.6) is 0 Å². The number of nitrogens with two attached hydrogens (primary N) is 1. The number of benzene rings is 1. The van der Waals surface area contributed by atoms with E-state index in [1.807, 2.05) is 20.8 Å². The first-order chi connectivity index (χ1) is 8.90. The van der Waals surface area contributed by atoms with E-state index in [0.29, 0.717) is 11.4 Å². The largest absolute Gasteiger partial charge is 0.397 e. The summed E-state index contributed by atoms with van der Waals surface area (Å²) >= 11 is 5.76. The highest BCUT2D eigenvalue weighted by Gasteiger charge is 2.17. The molecule has 0 aliphatic heterocycles. The molecule has 0 aliphatic rings. The number of nitrogens with one attached hydrogen (secondary N) is 1. The number of hydrogen-bond acceptors (Lipinski definition) is 4. The molecule has 2 aromatic rings. The van der Waals surface area contributed by atoms with Crippen LogP contribution in [0.15, 0.2) is 16.7 Å². The average molecular weight is 284 g/mol. The first kappa shape index (κ1) is 13.7. The van der Waals surface area contributed by atoms with Gasteiger partial charge in [-0.15, -0.1) is 0 Å². The molecule has 1 heterocycles. The van der Waals surface area contributed by atoms with Gasteiger partial charge in [-0.1, -0.05) is 16.8 Å². The molecular formula is C13H15ClFN3O. The van der Waals surface area contributed by atoms with E-state index >= 15 is 0 Å². The summed E-state index contributed by atoms with van der Waals surface area (Å²) in [6.07, 6.45) is 0. The monoisotopic (exact) mass is 283 g/mol. The first-order valence-corrected chi connectivity index (χ1v) is 6.21. The SMILES string of the molecule is Cc1noc(C)c1C(C)Nc1cc(Cl)c(F)cc1N. The minimum atomic E-state index is -0.533. The van der Waals surface area contributed by atoms with Gasteiger partial charge in [0.1, 0.15) is 11.6 Å². The van der Waals surface area contributed by atoms with Crippen molar-refractivity contribution in [3.8, 4) is 0 Å². The summed E-state index contributed by atoms with van der Waals surface area (Å²) < 4.78 is 18.4. The molecule has 4 nitrogen and oxygen atoms in total. The fourth-order valence-corrected chi connectivity index (χ4v) is 2.26. The molecule has 19 heavy (non-hydrogen) atoms.